The second kappa shape index (κ2) is 4.57. The number of rotatable bonds is 3. The summed E-state index contributed by atoms with van der Waals surface area (Å²) in [6.45, 7) is 2.91. The van der Waals surface area contributed by atoms with Crippen LogP contribution < -0.4 is 5.73 Å². The van der Waals surface area contributed by atoms with Gasteiger partial charge >= 0.3 is 5.97 Å². The van der Waals surface area contributed by atoms with E-state index in [-0.39, 0.29) is 23.1 Å². The molecule has 0 spiro atoms. The lowest BCUT2D eigenvalue weighted by Gasteiger charge is -2.17. The van der Waals surface area contributed by atoms with Crippen molar-refractivity contribution in [1.82, 2.24) is 0 Å². The van der Waals surface area contributed by atoms with E-state index in [1.807, 2.05) is 0 Å². The molecule has 1 atom stereocenters. The Bertz CT molecular complexity index is 406. The number of aliphatic carboxylic acids is 1. The van der Waals surface area contributed by atoms with Crippen LogP contribution in [0.25, 0.3) is 0 Å². The first-order chi connectivity index (χ1) is 7.34. The van der Waals surface area contributed by atoms with Crippen LogP contribution in [0, 0.1) is 25.5 Å². The molecule has 1 unspecified atom stereocenters. The summed E-state index contributed by atoms with van der Waals surface area (Å²) in [6.07, 6.45) is -0.357. The summed E-state index contributed by atoms with van der Waals surface area (Å²) in [6, 6.07) is -0.121. The zero-order chi connectivity index (χ0) is 12.5. The van der Waals surface area contributed by atoms with E-state index in [0.717, 1.165) is 6.07 Å². The molecule has 0 aliphatic carbocycles. The normalized spacial score (nSPS) is 12.6. The lowest BCUT2D eigenvalue weighted by molar-refractivity contribution is -0.137. The van der Waals surface area contributed by atoms with Crippen LogP contribution in [0.4, 0.5) is 8.78 Å². The zero-order valence-electron chi connectivity index (χ0n) is 9.05. The van der Waals surface area contributed by atoms with E-state index < -0.39 is 23.6 Å². The van der Waals surface area contributed by atoms with E-state index in [1.54, 1.807) is 0 Å². The van der Waals surface area contributed by atoms with E-state index >= 15 is 0 Å². The Hall–Kier alpha value is -1.49. The lowest BCUT2D eigenvalue weighted by Crippen LogP contribution is -2.18. The number of halogens is 2. The number of nitrogens with two attached hydrogens (primary N) is 1. The topological polar surface area (TPSA) is 63.3 Å². The molecular formula is C11H13F2NO2. The summed E-state index contributed by atoms with van der Waals surface area (Å²) in [7, 11) is 0. The average molecular weight is 229 g/mol. The molecule has 0 saturated heterocycles. The van der Waals surface area contributed by atoms with E-state index in [0.29, 0.717) is 0 Å². The van der Waals surface area contributed by atoms with Crippen molar-refractivity contribution in [2.45, 2.75) is 26.3 Å². The highest BCUT2D eigenvalue weighted by molar-refractivity contribution is 5.68. The third-order valence-corrected chi connectivity index (χ3v) is 2.54. The van der Waals surface area contributed by atoms with Gasteiger partial charge in [-0.2, -0.15) is 0 Å². The molecule has 0 heterocycles. The molecule has 0 fully saturated rings. The van der Waals surface area contributed by atoms with Crippen LogP contribution in [-0.2, 0) is 4.79 Å². The molecule has 3 nitrogen and oxygen atoms in total. The molecule has 1 rings (SSSR count). The molecule has 0 bridgehead atoms. The molecule has 3 N–H and O–H groups in total. The lowest BCUT2D eigenvalue weighted by atomic mass is 9.94. The number of hydrogen-bond acceptors (Lipinski definition) is 2. The third kappa shape index (κ3) is 2.36. The minimum Gasteiger partial charge on any atom is -0.481 e. The summed E-state index contributed by atoms with van der Waals surface area (Å²) in [4.78, 5) is 10.5. The summed E-state index contributed by atoms with van der Waals surface area (Å²) >= 11 is 0. The van der Waals surface area contributed by atoms with Crippen LogP contribution in [0.1, 0.15) is 29.2 Å². The number of carboxylic acid groups (broad SMARTS) is 1. The van der Waals surface area contributed by atoms with E-state index in [1.165, 1.54) is 13.8 Å². The quantitative estimate of drug-likeness (QED) is 0.833. The maximum atomic E-state index is 13.3. The van der Waals surface area contributed by atoms with Crippen molar-refractivity contribution in [1.29, 1.82) is 0 Å². The summed E-state index contributed by atoms with van der Waals surface area (Å²) in [5.74, 6) is -2.52. The van der Waals surface area contributed by atoms with Crippen LogP contribution in [-0.4, -0.2) is 11.1 Å². The van der Waals surface area contributed by atoms with Crippen molar-refractivity contribution >= 4 is 5.97 Å². The molecule has 0 radical (unpaired) electrons. The Morgan fingerprint density at radius 3 is 2.19 bits per heavy atom. The Labute approximate surface area is 91.9 Å². The van der Waals surface area contributed by atoms with Gasteiger partial charge in [-0.3, -0.25) is 4.79 Å². The molecule has 16 heavy (non-hydrogen) atoms. The molecule has 5 heteroatoms. The van der Waals surface area contributed by atoms with Gasteiger partial charge in [-0.25, -0.2) is 8.78 Å². The monoisotopic (exact) mass is 229 g/mol. The highest BCUT2D eigenvalue weighted by Gasteiger charge is 2.20. The first kappa shape index (κ1) is 12.6. The van der Waals surface area contributed by atoms with Gasteiger partial charge in [0.25, 0.3) is 0 Å². The SMILES string of the molecule is Cc1c(F)cc(F)c(C)c1C(N)CC(=O)O. The number of hydrogen-bond donors (Lipinski definition) is 2. The third-order valence-electron chi connectivity index (χ3n) is 2.54. The molecule has 0 aromatic heterocycles. The van der Waals surface area contributed by atoms with E-state index in [4.69, 9.17) is 10.8 Å². The summed E-state index contributed by atoms with van der Waals surface area (Å²) in [5.41, 5.74) is 6.26. The van der Waals surface area contributed by atoms with Gasteiger partial charge in [-0.05, 0) is 30.5 Å². The van der Waals surface area contributed by atoms with Gasteiger partial charge in [0.1, 0.15) is 11.6 Å². The fourth-order valence-corrected chi connectivity index (χ4v) is 1.71. The fraction of sp³-hybridized carbons (Fsp3) is 0.364. The Morgan fingerprint density at radius 2 is 1.81 bits per heavy atom. The van der Waals surface area contributed by atoms with Crippen LogP contribution in [0.15, 0.2) is 6.07 Å². The summed E-state index contributed by atoms with van der Waals surface area (Å²) in [5, 5.41) is 8.60. The van der Waals surface area contributed by atoms with Crippen molar-refractivity contribution in [3.05, 3.63) is 34.4 Å². The fourth-order valence-electron chi connectivity index (χ4n) is 1.71. The van der Waals surface area contributed by atoms with Crippen molar-refractivity contribution in [2.75, 3.05) is 0 Å². The first-order valence-electron chi connectivity index (χ1n) is 4.77. The number of benzene rings is 1. The predicted octanol–water partition coefficient (Wildman–Crippen LogP) is 2.06. The molecule has 0 aliphatic rings. The second-order valence-corrected chi connectivity index (χ2v) is 3.71. The van der Waals surface area contributed by atoms with Gasteiger partial charge in [-0.1, -0.05) is 0 Å². The average Bonchev–Trinajstić information content (AvgIpc) is 2.14. The van der Waals surface area contributed by atoms with E-state index in [2.05, 4.69) is 0 Å². The highest BCUT2D eigenvalue weighted by atomic mass is 19.1. The highest BCUT2D eigenvalue weighted by Crippen LogP contribution is 2.26. The smallest absolute Gasteiger partial charge is 0.305 e. The predicted molar refractivity (Wildman–Crippen MR) is 55.0 cm³/mol. The molecule has 88 valence electrons. The maximum absolute atomic E-state index is 13.3. The Kier molecular flexibility index (Phi) is 3.59. The largest absolute Gasteiger partial charge is 0.481 e. The number of carbonyl (C=O) groups is 1. The van der Waals surface area contributed by atoms with Gasteiger partial charge in [-0.15, -0.1) is 0 Å². The standard InChI is InChI=1S/C11H13F2NO2/c1-5-7(12)3-8(13)6(2)11(5)9(14)4-10(15)16/h3,9H,4,14H2,1-2H3,(H,15,16). The molecule has 0 aliphatic heterocycles. The maximum Gasteiger partial charge on any atom is 0.305 e. The Morgan fingerprint density at radius 1 is 1.38 bits per heavy atom. The minimum absolute atomic E-state index is 0.202. The number of carboxylic acids is 1. The van der Waals surface area contributed by atoms with Gasteiger partial charge < -0.3 is 10.8 Å². The van der Waals surface area contributed by atoms with Crippen LogP contribution >= 0.6 is 0 Å². The van der Waals surface area contributed by atoms with Gasteiger partial charge in [0.05, 0.1) is 6.42 Å². The van der Waals surface area contributed by atoms with Crippen LogP contribution in [0.2, 0.25) is 0 Å². The zero-order valence-corrected chi connectivity index (χ0v) is 9.05. The molecule has 0 amide bonds. The van der Waals surface area contributed by atoms with Gasteiger partial charge in [0.2, 0.25) is 0 Å². The molecular weight excluding hydrogens is 216 g/mol. The van der Waals surface area contributed by atoms with Gasteiger partial charge in [0.15, 0.2) is 0 Å². The van der Waals surface area contributed by atoms with Crippen molar-refractivity contribution < 1.29 is 18.7 Å². The van der Waals surface area contributed by atoms with E-state index in [9.17, 15) is 13.6 Å². The summed E-state index contributed by atoms with van der Waals surface area (Å²) < 4.78 is 26.5. The minimum atomic E-state index is -1.10. The molecule has 1 aromatic rings. The molecule has 1 aromatic carbocycles. The van der Waals surface area contributed by atoms with Crippen LogP contribution in [0.3, 0.4) is 0 Å². The molecule has 0 saturated carbocycles. The van der Waals surface area contributed by atoms with Gasteiger partial charge in [0, 0.05) is 12.1 Å². The van der Waals surface area contributed by atoms with Crippen molar-refractivity contribution in [3.63, 3.8) is 0 Å². The Balaban J connectivity index is 3.26. The van der Waals surface area contributed by atoms with Crippen LogP contribution in [0.5, 0.6) is 0 Å². The van der Waals surface area contributed by atoms with Crippen molar-refractivity contribution in [3.8, 4) is 0 Å². The van der Waals surface area contributed by atoms with Crippen molar-refractivity contribution in [2.24, 2.45) is 5.73 Å². The second-order valence-electron chi connectivity index (χ2n) is 3.71. The first-order valence-corrected chi connectivity index (χ1v) is 4.77.